The van der Waals surface area contributed by atoms with E-state index in [-0.39, 0.29) is 0 Å². The summed E-state index contributed by atoms with van der Waals surface area (Å²) < 4.78 is 2.28. The monoisotopic (exact) mass is 254 g/mol. The lowest BCUT2D eigenvalue weighted by molar-refractivity contribution is 0.691. The summed E-state index contributed by atoms with van der Waals surface area (Å²) in [6.45, 7) is 1.99. The molecule has 2 saturated carbocycles. The van der Waals surface area contributed by atoms with Gasteiger partial charge in [0.15, 0.2) is 0 Å². The zero-order valence-corrected chi connectivity index (χ0v) is 11.1. The molecular weight excluding hydrogens is 236 g/mol. The van der Waals surface area contributed by atoms with Crippen LogP contribution >= 0.6 is 0 Å². The third-order valence-electron chi connectivity index (χ3n) is 4.01. The number of aromatic nitrogens is 3. The van der Waals surface area contributed by atoms with E-state index >= 15 is 0 Å². The summed E-state index contributed by atoms with van der Waals surface area (Å²) in [5, 5.41) is 0. The number of anilines is 1. The number of hydrogen-bond donors (Lipinski definition) is 1. The molecule has 0 aromatic carbocycles. The molecule has 98 valence electrons. The highest BCUT2D eigenvalue weighted by atomic mass is 15.2. The van der Waals surface area contributed by atoms with Crippen LogP contribution in [-0.4, -0.2) is 14.5 Å². The Morgan fingerprint density at radius 2 is 2.00 bits per heavy atom. The molecule has 2 heterocycles. The minimum Gasteiger partial charge on any atom is -0.383 e. The zero-order valence-electron chi connectivity index (χ0n) is 11.1. The summed E-state index contributed by atoms with van der Waals surface area (Å²) >= 11 is 0. The Labute approximate surface area is 112 Å². The number of pyridine rings is 1. The molecule has 2 aliphatic rings. The Balaban J connectivity index is 1.83. The van der Waals surface area contributed by atoms with Crippen LogP contribution in [0.2, 0.25) is 0 Å². The third-order valence-corrected chi connectivity index (χ3v) is 4.01. The maximum atomic E-state index is 6.35. The predicted octanol–water partition coefficient (Wildman–Crippen LogP) is 3.05. The van der Waals surface area contributed by atoms with Gasteiger partial charge in [-0.1, -0.05) is 0 Å². The molecule has 19 heavy (non-hydrogen) atoms. The lowest BCUT2D eigenvalue weighted by Crippen LogP contribution is -2.04. The van der Waals surface area contributed by atoms with Crippen molar-refractivity contribution in [3.05, 3.63) is 29.8 Å². The molecule has 4 heteroatoms. The summed E-state index contributed by atoms with van der Waals surface area (Å²) in [6, 6.07) is 4.67. The smallest absolute Gasteiger partial charge is 0.132 e. The van der Waals surface area contributed by atoms with Gasteiger partial charge in [0.25, 0.3) is 0 Å². The lowest BCUT2D eigenvalue weighted by atomic mass is 10.2. The van der Waals surface area contributed by atoms with Gasteiger partial charge in [-0.15, -0.1) is 0 Å². The lowest BCUT2D eigenvalue weighted by Gasteiger charge is -2.07. The molecule has 0 amide bonds. The first kappa shape index (κ1) is 11.0. The number of nitrogen functional groups attached to an aromatic ring is 1. The van der Waals surface area contributed by atoms with E-state index in [1.54, 1.807) is 0 Å². The molecule has 0 radical (unpaired) electrons. The second kappa shape index (κ2) is 3.83. The van der Waals surface area contributed by atoms with E-state index in [2.05, 4.69) is 15.6 Å². The van der Waals surface area contributed by atoms with Crippen molar-refractivity contribution < 1.29 is 0 Å². The first-order valence-corrected chi connectivity index (χ1v) is 7.04. The molecule has 0 aliphatic heterocycles. The highest BCUT2D eigenvalue weighted by Gasteiger charge is 2.36. The van der Waals surface area contributed by atoms with Crippen molar-refractivity contribution in [1.29, 1.82) is 0 Å². The van der Waals surface area contributed by atoms with Crippen LogP contribution in [0, 0.1) is 6.92 Å². The molecule has 2 N–H and O–H groups in total. The second-order valence-corrected chi connectivity index (χ2v) is 5.77. The minimum atomic E-state index is 0.593. The van der Waals surface area contributed by atoms with Gasteiger partial charge in [-0.05, 0) is 44.7 Å². The van der Waals surface area contributed by atoms with Gasteiger partial charge in [0.05, 0.1) is 0 Å². The molecule has 0 atom stereocenters. The van der Waals surface area contributed by atoms with Crippen LogP contribution in [-0.2, 0) is 0 Å². The normalized spacial score (nSPS) is 18.8. The number of rotatable bonds is 3. The Kier molecular flexibility index (Phi) is 2.22. The average Bonchev–Trinajstić information content (AvgIpc) is 3.30. The Bertz CT molecular complexity index is 618. The number of nitrogens with two attached hydrogens (primary N) is 1. The van der Waals surface area contributed by atoms with E-state index in [4.69, 9.17) is 10.7 Å². The minimum absolute atomic E-state index is 0.593. The SMILES string of the molecule is Cc1ccc(-c2nc(C3CC3)n(C3CC3)c2N)cn1. The number of hydrogen-bond acceptors (Lipinski definition) is 3. The molecule has 0 saturated heterocycles. The fourth-order valence-corrected chi connectivity index (χ4v) is 2.63. The number of aryl methyl sites for hydroxylation is 1. The maximum Gasteiger partial charge on any atom is 0.132 e. The third kappa shape index (κ3) is 1.82. The quantitative estimate of drug-likeness (QED) is 0.915. The van der Waals surface area contributed by atoms with Gasteiger partial charge in [-0.25, -0.2) is 4.98 Å². The molecular formula is C15H18N4. The van der Waals surface area contributed by atoms with E-state index in [0.717, 1.165) is 22.8 Å². The summed E-state index contributed by atoms with van der Waals surface area (Å²) in [5.74, 6) is 2.67. The van der Waals surface area contributed by atoms with Crippen LogP contribution in [0.1, 0.15) is 49.2 Å². The number of imidazole rings is 1. The molecule has 0 spiro atoms. The first-order valence-electron chi connectivity index (χ1n) is 7.04. The standard InChI is InChI=1S/C15H18N4/c1-9-2-3-11(8-17-9)13-14(16)19(12-6-7-12)15(18-13)10-4-5-10/h2-3,8,10,12H,4-7,16H2,1H3. The molecule has 4 rings (SSSR count). The largest absolute Gasteiger partial charge is 0.383 e. The zero-order chi connectivity index (χ0) is 13.0. The van der Waals surface area contributed by atoms with E-state index in [9.17, 15) is 0 Å². The van der Waals surface area contributed by atoms with E-state index in [1.807, 2.05) is 19.2 Å². The van der Waals surface area contributed by atoms with Gasteiger partial charge in [0.2, 0.25) is 0 Å². The van der Waals surface area contributed by atoms with E-state index < -0.39 is 0 Å². The van der Waals surface area contributed by atoms with Crippen molar-refractivity contribution in [3.63, 3.8) is 0 Å². The Morgan fingerprint density at radius 3 is 2.58 bits per heavy atom. The molecule has 2 aromatic heterocycles. The Hall–Kier alpha value is -1.84. The fourth-order valence-electron chi connectivity index (χ4n) is 2.63. The van der Waals surface area contributed by atoms with Crippen molar-refractivity contribution in [2.75, 3.05) is 5.73 Å². The van der Waals surface area contributed by atoms with Crippen LogP contribution in [0.15, 0.2) is 18.3 Å². The van der Waals surface area contributed by atoms with Gasteiger partial charge >= 0.3 is 0 Å². The van der Waals surface area contributed by atoms with Crippen LogP contribution in [0.5, 0.6) is 0 Å². The van der Waals surface area contributed by atoms with E-state index in [1.165, 1.54) is 31.5 Å². The maximum absolute atomic E-state index is 6.35. The molecule has 0 unspecified atom stereocenters. The Morgan fingerprint density at radius 1 is 1.21 bits per heavy atom. The summed E-state index contributed by atoms with van der Waals surface area (Å²) in [5.41, 5.74) is 9.32. The highest BCUT2D eigenvalue weighted by molar-refractivity contribution is 5.71. The molecule has 2 aliphatic carbocycles. The molecule has 2 fully saturated rings. The van der Waals surface area contributed by atoms with Crippen LogP contribution in [0.3, 0.4) is 0 Å². The van der Waals surface area contributed by atoms with Crippen LogP contribution < -0.4 is 5.73 Å². The van der Waals surface area contributed by atoms with Crippen LogP contribution in [0.25, 0.3) is 11.3 Å². The molecule has 4 nitrogen and oxygen atoms in total. The topological polar surface area (TPSA) is 56.7 Å². The summed E-state index contributed by atoms with van der Waals surface area (Å²) in [6.07, 6.45) is 6.88. The fraction of sp³-hybridized carbons (Fsp3) is 0.467. The van der Waals surface area contributed by atoms with Crippen molar-refractivity contribution in [1.82, 2.24) is 14.5 Å². The van der Waals surface area contributed by atoms with Gasteiger partial charge in [0, 0.05) is 29.4 Å². The molecule has 2 aromatic rings. The summed E-state index contributed by atoms with van der Waals surface area (Å²) in [4.78, 5) is 9.18. The average molecular weight is 254 g/mol. The van der Waals surface area contributed by atoms with Crippen molar-refractivity contribution in [2.45, 2.75) is 44.6 Å². The van der Waals surface area contributed by atoms with Gasteiger partial charge in [0.1, 0.15) is 17.3 Å². The van der Waals surface area contributed by atoms with Crippen LogP contribution in [0.4, 0.5) is 5.82 Å². The van der Waals surface area contributed by atoms with Gasteiger partial charge in [-0.2, -0.15) is 0 Å². The summed E-state index contributed by atoms with van der Waals surface area (Å²) in [7, 11) is 0. The first-order chi connectivity index (χ1) is 9.24. The van der Waals surface area contributed by atoms with Gasteiger partial charge < -0.3 is 10.3 Å². The van der Waals surface area contributed by atoms with Gasteiger partial charge in [-0.3, -0.25) is 4.98 Å². The molecule has 0 bridgehead atoms. The predicted molar refractivity (Wildman–Crippen MR) is 74.9 cm³/mol. The van der Waals surface area contributed by atoms with Crippen molar-refractivity contribution in [2.24, 2.45) is 0 Å². The van der Waals surface area contributed by atoms with Crippen molar-refractivity contribution >= 4 is 5.82 Å². The van der Waals surface area contributed by atoms with Crippen molar-refractivity contribution in [3.8, 4) is 11.3 Å². The van der Waals surface area contributed by atoms with E-state index in [0.29, 0.717) is 12.0 Å². The highest BCUT2D eigenvalue weighted by Crippen LogP contribution is 2.47. The second-order valence-electron chi connectivity index (χ2n) is 5.77. The number of nitrogens with zero attached hydrogens (tertiary/aromatic N) is 3.